The number of ether oxygens (including phenoxy) is 2. The molecule has 0 aromatic rings. The summed E-state index contributed by atoms with van der Waals surface area (Å²) in [6.45, 7) is 6.69. The molecular formula is C44H79N2O4+. The van der Waals surface area contributed by atoms with Crippen molar-refractivity contribution in [1.29, 1.82) is 0 Å². The lowest BCUT2D eigenvalue weighted by Crippen LogP contribution is -2.40. The minimum atomic E-state index is -0.183. The highest BCUT2D eigenvalue weighted by Crippen LogP contribution is 2.11. The number of allylic oxidation sites excluding steroid dienone is 8. The zero-order valence-electron chi connectivity index (χ0n) is 33.2. The van der Waals surface area contributed by atoms with Crippen molar-refractivity contribution in [3.63, 3.8) is 0 Å². The van der Waals surface area contributed by atoms with E-state index in [1.807, 2.05) is 0 Å². The zero-order valence-corrected chi connectivity index (χ0v) is 33.2. The molecule has 0 radical (unpaired) electrons. The van der Waals surface area contributed by atoms with Crippen LogP contribution in [0.15, 0.2) is 42.5 Å². The fourth-order valence-electron chi connectivity index (χ4n) is 5.49. The summed E-state index contributed by atoms with van der Waals surface area (Å²) in [4.78, 5) is 27.0. The molecule has 0 bridgehead atoms. The molecule has 0 aliphatic heterocycles. The van der Waals surface area contributed by atoms with Crippen molar-refractivity contribution in [2.45, 2.75) is 180 Å². The third-order valence-corrected chi connectivity index (χ3v) is 8.69. The van der Waals surface area contributed by atoms with Crippen LogP contribution < -0.4 is 5.32 Å². The highest BCUT2D eigenvalue weighted by Gasteiger charge is 2.15. The van der Waals surface area contributed by atoms with Gasteiger partial charge in [-0.2, -0.15) is 0 Å². The average molecular weight is 700 g/mol. The molecule has 0 aromatic carbocycles. The van der Waals surface area contributed by atoms with Gasteiger partial charge in [-0.1, -0.05) is 108 Å². The number of hydrogen-bond donors (Lipinski definition) is 1. The van der Waals surface area contributed by atoms with Crippen LogP contribution in [0.25, 0.3) is 0 Å². The lowest BCUT2D eigenvalue weighted by Gasteiger charge is -2.19. The SMILES string of the molecule is CCCCCC=[C+]C/C=C\CCCCCCCC(=O)OCC(COC(=O)CCCCCCC/C=C\C/C=C\CCCCC)NCCCN(C)C. The predicted octanol–water partition coefficient (Wildman–Crippen LogP) is 11.4. The molecule has 6 heteroatoms. The van der Waals surface area contributed by atoms with E-state index in [1.54, 1.807) is 0 Å². The molecule has 0 amide bonds. The second-order valence-corrected chi connectivity index (χ2v) is 14.0. The number of carbonyl (C=O) groups is 2. The van der Waals surface area contributed by atoms with E-state index in [4.69, 9.17) is 9.47 Å². The van der Waals surface area contributed by atoms with Crippen LogP contribution in [-0.4, -0.2) is 63.3 Å². The quantitative estimate of drug-likeness (QED) is 0.0301. The van der Waals surface area contributed by atoms with Crippen LogP contribution >= 0.6 is 0 Å². The Bertz CT molecular complexity index is 802. The molecule has 6 nitrogen and oxygen atoms in total. The van der Waals surface area contributed by atoms with E-state index < -0.39 is 0 Å². The number of carbonyl (C=O) groups excluding carboxylic acids is 2. The summed E-state index contributed by atoms with van der Waals surface area (Å²) >= 11 is 0. The first-order valence-electron chi connectivity index (χ1n) is 20.7. The van der Waals surface area contributed by atoms with Crippen molar-refractivity contribution in [3.8, 4) is 0 Å². The van der Waals surface area contributed by atoms with Crippen molar-refractivity contribution in [2.24, 2.45) is 0 Å². The summed E-state index contributed by atoms with van der Waals surface area (Å²) in [6.07, 6.45) is 46.3. The highest BCUT2D eigenvalue weighted by atomic mass is 16.5. The van der Waals surface area contributed by atoms with Gasteiger partial charge in [0.2, 0.25) is 6.08 Å². The van der Waals surface area contributed by atoms with Gasteiger partial charge in [0, 0.05) is 19.3 Å². The van der Waals surface area contributed by atoms with Crippen molar-refractivity contribution in [3.05, 3.63) is 48.6 Å². The second kappa shape index (κ2) is 39.5. The fourth-order valence-corrected chi connectivity index (χ4v) is 5.49. The summed E-state index contributed by atoms with van der Waals surface area (Å²) in [5, 5.41) is 3.43. The molecule has 1 atom stereocenters. The van der Waals surface area contributed by atoms with Gasteiger partial charge in [-0.3, -0.25) is 9.59 Å². The molecule has 288 valence electrons. The molecule has 0 saturated heterocycles. The average Bonchev–Trinajstić information content (AvgIpc) is 3.10. The van der Waals surface area contributed by atoms with Gasteiger partial charge < -0.3 is 19.7 Å². The minimum Gasteiger partial charge on any atom is -0.464 e. The fraction of sp³-hybridized carbons (Fsp3) is 0.773. The number of nitrogens with one attached hydrogen (secondary N) is 1. The maximum Gasteiger partial charge on any atom is 0.305 e. The van der Waals surface area contributed by atoms with Crippen LogP contribution in [0.3, 0.4) is 0 Å². The van der Waals surface area contributed by atoms with Gasteiger partial charge in [-0.15, -0.1) is 0 Å². The first-order chi connectivity index (χ1) is 24.5. The number of esters is 2. The lowest BCUT2D eigenvalue weighted by molar-refractivity contribution is -0.147. The smallest absolute Gasteiger partial charge is 0.305 e. The molecule has 0 aliphatic rings. The molecule has 0 rings (SSSR count). The van der Waals surface area contributed by atoms with E-state index in [9.17, 15) is 9.59 Å². The minimum absolute atomic E-state index is 0.162. The van der Waals surface area contributed by atoms with E-state index in [-0.39, 0.29) is 31.2 Å². The number of rotatable bonds is 37. The monoisotopic (exact) mass is 700 g/mol. The van der Waals surface area contributed by atoms with Crippen molar-refractivity contribution < 1.29 is 19.1 Å². The summed E-state index contributed by atoms with van der Waals surface area (Å²) < 4.78 is 11.2. The number of nitrogens with zero attached hydrogens (tertiary/aromatic N) is 1. The third kappa shape index (κ3) is 38.5. The van der Waals surface area contributed by atoms with Crippen molar-refractivity contribution >= 4 is 11.9 Å². The van der Waals surface area contributed by atoms with E-state index in [2.05, 4.69) is 86.8 Å². The molecule has 0 aliphatic carbocycles. The largest absolute Gasteiger partial charge is 0.464 e. The molecule has 1 unspecified atom stereocenters. The number of unbranched alkanes of at least 4 members (excludes halogenated alkanes) is 16. The van der Waals surface area contributed by atoms with Gasteiger partial charge in [-0.05, 0) is 104 Å². The molecule has 0 aromatic heterocycles. The Morgan fingerprint density at radius 1 is 0.600 bits per heavy atom. The van der Waals surface area contributed by atoms with Crippen LogP contribution in [0.2, 0.25) is 0 Å². The molecular weight excluding hydrogens is 620 g/mol. The Morgan fingerprint density at radius 3 is 1.62 bits per heavy atom. The van der Waals surface area contributed by atoms with Crippen LogP contribution in [0, 0.1) is 6.08 Å². The first kappa shape index (κ1) is 47.7. The maximum atomic E-state index is 12.4. The molecule has 0 heterocycles. The summed E-state index contributed by atoms with van der Waals surface area (Å²) in [5.41, 5.74) is 0. The summed E-state index contributed by atoms with van der Waals surface area (Å²) in [7, 11) is 4.11. The molecule has 0 saturated carbocycles. The Labute approximate surface area is 310 Å². The number of hydrogen-bond acceptors (Lipinski definition) is 6. The zero-order chi connectivity index (χ0) is 36.6. The van der Waals surface area contributed by atoms with Crippen LogP contribution in [0.1, 0.15) is 174 Å². The van der Waals surface area contributed by atoms with Gasteiger partial charge in [0.25, 0.3) is 0 Å². The highest BCUT2D eigenvalue weighted by molar-refractivity contribution is 5.69. The Hall–Kier alpha value is -2.27. The summed E-state index contributed by atoms with van der Waals surface area (Å²) in [6, 6.07) is -0.183. The van der Waals surface area contributed by atoms with E-state index in [0.717, 1.165) is 90.1 Å². The molecule has 50 heavy (non-hydrogen) atoms. The second-order valence-electron chi connectivity index (χ2n) is 14.0. The first-order valence-corrected chi connectivity index (χ1v) is 20.7. The topological polar surface area (TPSA) is 67.9 Å². The van der Waals surface area contributed by atoms with Crippen molar-refractivity contribution in [1.82, 2.24) is 10.2 Å². The lowest BCUT2D eigenvalue weighted by atomic mass is 10.1. The Kier molecular flexibility index (Phi) is 37.7. The van der Waals surface area contributed by atoms with Crippen LogP contribution in [-0.2, 0) is 19.1 Å². The van der Waals surface area contributed by atoms with Gasteiger partial charge in [0.15, 0.2) is 12.5 Å². The van der Waals surface area contributed by atoms with Gasteiger partial charge in [-0.25, -0.2) is 0 Å². The summed E-state index contributed by atoms with van der Waals surface area (Å²) in [5.74, 6) is -0.325. The van der Waals surface area contributed by atoms with E-state index in [1.165, 1.54) is 70.6 Å². The van der Waals surface area contributed by atoms with Crippen molar-refractivity contribution in [2.75, 3.05) is 40.4 Å². The molecule has 0 fully saturated rings. The third-order valence-electron chi connectivity index (χ3n) is 8.69. The Balaban J connectivity index is 4.03. The standard InChI is InChI=1S/C44H79N2O4/c1-5-7-9-11-13-15-17-19-21-23-25-27-29-31-33-36-43(47)49-40-42(45-38-35-39-46(3)4)41-50-44(48)37-34-32-30-28-26-24-22-20-18-16-14-12-10-8-6-2/h13-15,19-22,42,45H,5-12,17-18,23-41H2,1-4H3/q+1/b15-13-,21-19-,22-20-. The Morgan fingerprint density at radius 2 is 1.08 bits per heavy atom. The van der Waals surface area contributed by atoms with Crippen LogP contribution in [0.4, 0.5) is 0 Å². The van der Waals surface area contributed by atoms with E-state index >= 15 is 0 Å². The maximum absolute atomic E-state index is 12.4. The normalized spacial score (nSPS) is 12.6. The molecule has 0 spiro atoms. The van der Waals surface area contributed by atoms with Crippen LogP contribution in [0.5, 0.6) is 0 Å². The van der Waals surface area contributed by atoms with Gasteiger partial charge in [0.1, 0.15) is 13.2 Å². The molecule has 1 N–H and O–H groups in total. The van der Waals surface area contributed by atoms with Gasteiger partial charge in [0.05, 0.1) is 6.04 Å². The predicted molar refractivity (Wildman–Crippen MR) is 214 cm³/mol. The van der Waals surface area contributed by atoms with E-state index in [0.29, 0.717) is 12.8 Å². The van der Waals surface area contributed by atoms with Gasteiger partial charge >= 0.3 is 11.9 Å².